The molecule has 0 amide bonds. The van der Waals surface area contributed by atoms with Crippen LogP contribution < -0.4 is 0 Å². The average Bonchev–Trinajstić information content (AvgIpc) is 2.16. The van der Waals surface area contributed by atoms with Crippen molar-refractivity contribution in [2.24, 2.45) is 0 Å². The number of halogens is 2. The summed E-state index contributed by atoms with van der Waals surface area (Å²) in [7, 11) is -4.93. The fourth-order valence-electron chi connectivity index (χ4n) is 1.16. The summed E-state index contributed by atoms with van der Waals surface area (Å²) in [6.07, 6.45) is 0. The molecule has 15 heavy (non-hydrogen) atoms. The highest BCUT2D eigenvalue weighted by molar-refractivity contribution is 7.86. The zero-order valence-corrected chi connectivity index (χ0v) is 8.76. The predicted octanol–water partition coefficient (Wildman–Crippen LogP) is 1.94. The van der Waals surface area contributed by atoms with E-state index in [4.69, 9.17) is 11.6 Å². The second kappa shape index (κ2) is 3.39. The van der Waals surface area contributed by atoms with Gasteiger partial charge in [-0.2, -0.15) is 8.42 Å². The van der Waals surface area contributed by atoms with E-state index in [1.165, 1.54) is 0 Å². The summed E-state index contributed by atoms with van der Waals surface area (Å²) in [5.41, 5.74) is 0.412. The van der Waals surface area contributed by atoms with Crippen LogP contribution in [0.5, 0.6) is 0 Å². The average molecular weight is 247 g/mol. The molecule has 0 radical (unpaired) electrons. The first-order chi connectivity index (χ1) is 7.00. The molecule has 0 saturated heterocycles. The van der Waals surface area contributed by atoms with Gasteiger partial charge >= 0.3 is 10.2 Å². The maximum Gasteiger partial charge on any atom is 0.353 e. The van der Waals surface area contributed by atoms with Crippen LogP contribution in [0.3, 0.4) is 0 Å². The third-order valence-corrected chi connectivity index (χ3v) is 3.05. The van der Waals surface area contributed by atoms with Crippen LogP contribution in [0, 0.1) is 0 Å². The van der Waals surface area contributed by atoms with Crippen molar-refractivity contribution >= 4 is 32.7 Å². The van der Waals surface area contributed by atoms with Gasteiger partial charge in [-0.25, -0.2) is 0 Å². The molecule has 1 heterocycles. The van der Waals surface area contributed by atoms with Crippen LogP contribution in [0.25, 0.3) is 10.9 Å². The first-order valence-corrected chi connectivity index (χ1v) is 5.62. The van der Waals surface area contributed by atoms with Crippen LogP contribution in [0.15, 0.2) is 29.3 Å². The number of nitrogens with zero attached hydrogens (tertiary/aromatic N) is 2. The summed E-state index contributed by atoms with van der Waals surface area (Å²) >= 11 is 5.70. The fourth-order valence-corrected chi connectivity index (χ4v) is 2.10. The van der Waals surface area contributed by atoms with Gasteiger partial charge in [-0.1, -0.05) is 33.7 Å². The van der Waals surface area contributed by atoms with Crippen molar-refractivity contribution in [2.45, 2.75) is 5.03 Å². The predicted molar refractivity (Wildman–Crippen MR) is 52.8 cm³/mol. The first kappa shape index (κ1) is 10.3. The Morgan fingerprint density at radius 3 is 2.53 bits per heavy atom. The molecule has 0 spiro atoms. The summed E-state index contributed by atoms with van der Waals surface area (Å²) < 4.78 is 34.0. The second-order valence-corrected chi connectivity index (χ2v) is 4.41. The first-order valence-electron chi connectivity index (χ1n) is 3.86. The Balaban J connectivity index is 2.88. The molecule has 0 N–H and O–H groups in total. The molecule has 0 aliphatic rings. The molecule has 2 rings (SSSR count). The molecule has 0 aliphatic heterocycles. The highest BCUT2D eigenvalue weighted by Gasteiger charge is 2.21. The highest BCUT2D eigenvalue weighted by atomic mass is 35.5. The van der Waals surface area contributed by atoms with Crippen molar-refractivity contribution in [3.63, 3.8) is 0 Å². The third-order valence-electron chi connectivity index (χ3n) is 1.81. The standard InChI is InChI=1S/C8H4ClFN2O2S/c9-7-5-3-1-2-4-6(5)11-12-8(7)15(10,13)14/h1-4H. The van der Waals surface area contributed by atoms with Gasteiger partial charge in [0.05, 0.1) is 10.5 Å². The lowest BCUT2D eigenvalue weighted by Gasteiger charge is -2.00. The molecule has 0 unspecified atom stereocenters. The lowest BCUT2D eigenvalue weighted by Crippen LogP contribution is -2.00. The largest absolute Gasteiger partial charge is 0.353 e. The summed E-state index contributed by atoms with van der Waals surface area (Å²) in [5, 5.41) is 6.05. The van der Waals surface area contributed by atoms with E-state index in [9.17, 15) is 12.3 Å². The SMILES string of the molecule is O=S(=O)(F)c1nnc2ccccc2c1Cl. The van der Waals surface area contributed by atoms with Crippen LogP contribution >= 0.6 is 11.6 Å². The van der Waals surface area contributed by atoms with Crippen LogP contribution in [0.4, 0.5) is 3.89 Å². The minimum atomic E-state index is -4.93. The van der Waals surface area contributed by atoms with Crippen molar-refractivity contribution in [3.8, 4) is 0 Å². The van der Waals surface area contributed by atoms with Crippen molar-refractivity contribution in [2.75, 3.05) is 0 Å². The maximum atomic E-state index is 12.7. The van der Waals surface area contributed by atoms with E-state index in [0.29, 0.717) is 10.9 Å². The van der Waals surface area contributed by atoms with Gasteiger partial charge in [0.15, 0.2) is 0 Å². The van der Waals surface area contributed by atoms with Crippen LogP contribution in [0.1, 0.15) is 0 Å². The number of hydrogen-bond donors (Lipinski definition) is 0. The zero-order chi connectivity index (χ0) is 11.1. The summed E-state index contributed by atoms with van der Waals surface area (Å²) in [5.74, 6) is 0. The van der Waals surface area contributed by atoms with E-state index in [1.54, 1.807) is 24.3 Å². The Kier molecular flexibility index (Phi) is 2.32. The van der Waals surface area contributed by atoms with Crippen molar-refractivity contribution in [1.29, 1.82) is 0 Å². The highest BCUT2D eigenvalue weighted by Crippen LogP contribution is 2.27. The van der Waals surface area contributed by atoms with Gasteiger partial charge in [0.25, 0.3) is 0 Å². The molecule has 1 aromatic heterocycles. The molecule has 0 fully saturated rings. The molecule has 4 nitrogen and oxygen atoms in total. The van der Waals surface area contributed by atoms with Gasteiger partial charge < -0.3 is 0 Å². The summed E-state index contributed by atoms with van der Waals surface area (Å²) in [6, 6.07) is 6.48. The van der Waals surface area contributed by atoms with Gasteiger partial charge in [-0.05, 0) is 6.07 Å². The molecule has 2 aromatic rings. The van der Waals surface area contributed by atoms with Crippen LogP contribution in [-0.2, 0) is 10.2 Å². The third kappa shape index (κ3) is 1.78. The minimum absolute atomic E-state index is 0.247. The van der Waals surface area contributed by atoms with Crippen molar-refractivity contribution < 1.29 is 12.3 Å². The van der Waals surface area contributed by atoms with Crippen LogP contribution in [-0.4, -0.2) is 18.6 Å². The van der Waals surface area contributed by atoms with E-state index in [-0.39, 0.29) is 5.02 Å². The van der Waals surface area contributed by atoms with E-state index < -0.39 is 15.2 Å². The Hall–Kier alpha value is -1.27. The van der Waals surface area contributed by atoms with E-state index in [0.717, 1.165) is 0 Å². The topological polar surface area (TPSA) is 59.9 Å². The van der Waals surface area contributed by atoms with Crippen LogP contribution in [0.2, 0.25) is 5.02 Å². The quantitative estimate of drug-likeness (QED) is 0.722. The van der Waals surface area contributed by atoms with Crippen molar-refractivity contribution in [3.05, 3.63) is 29.3 Å². The molecule has 0 saturated carbocycles. The normalized spacial score (nSPS) is 11.9. The Labute approximate surface area is 89.9 Å². The number of fused-ring (bicyclic) bond motifs is 1. The zero-order valence-electron chi connectivity index (χ0n) is 7.18. The smallest absolute Gasteiger partial charge is 0.188 e. The van der Waals surface area contributed by atoms with E-state index in [2.05, 4.69) is 10.2 Å². The molecule has 7 heteroatoms. The molecule has 78 valence electrons. The van der Waals surface area contributed by atoms with Gasteiger partial charge in [0.1, 0.15) is 0 Å². The minimum Gasteiger partial charge on any atom is -0.188 e. The van der Waals surface area contributed by atoms with E-state index in [1.807, 2.05) is 0 Å². The van der Waals surface area contributed by atoms with Crippen molar-refractivity contribution in [1.82, 2.24) is 10.2 Å². The molecule has 1 aromatic carbocycles. The fraction of sp³-hybridized carbons (Fsp3) is 0. The molecule has 0 bridgehead atoms. The number of benzene rings is 1. The molecule has 0 aliphatic carbocycles. The molecular weight excluding hydrogens is 243 g/mol. The maximum absolute atomic E-state index is 12.7. The Morgan fingerprint density at radius 2 is 1.87 bits per heavy atom. The van der Waals surface area contributed by atoms with E-state index >= 15 is 0 Å². The van der Waals surface area contributed by atoms with Gasteiger partial charge in [0.2, 0.25) is 5.03 Å². The lowest BCUT2D eigenvalue weighted by molar-refractivity contribution is 0.546. The molecular formula is C8H4ClFN2O2S. The van der Waals surface area contributed by atoms with Gasteiger partial charge in [-0.15, -0.1) is 10.2 Å². The van der Waals surface area contributed by atoms with Gasteiger partial charge in [0, 0.05) is 5.39 Å². The van der Waals surface area contributed by atoms with Gasteiger partial charge in [-0.3, -0.25) is 0 Å². The number of hydrogen-bond acceptors (Lipinski definition) is 4. The Bertz CT molecular complexity index is 630. The molecule has 0 atom stereocenters. The Morgan fingerprint density at radius 1 is 1.20 bits per heavy atom. The second-order valence-electron chi connectivity index (χ2n) is 2.77. The monoisotopic (exact) mass is 246 g/mol. The lowest BCUT2D eigenvalue weighted by atomic mass is 10.2. The summed E-state index contributed by atoms with van der Waals surface area (Å²) in [6.45, 7) is 0. The summed E-state index contributed by atoms with van der Waals surface area (Å²) in [4.78, 5) is 0. The number of rotatable bonds is 1. The number of aromatic nitrogens is 2.